The van der Waals surface area contributed by atoms with Crippen LogP contribution in [0.4, 0.5) is 11.4 Å². The second kappa shape index (κ2) is 7.52. The van der Waals surface area contributed by atoms with E-state index in [1.54, 1.807) is 0 Å². The van der Waals surface area contributed by atoms with E-state index in [2.05, 4.69) is 22.0 Å². The Morgan fingerprint density at radius 3 is 1.83 bits per heavy atom. The van der Waals surface area contributed by atoms with E-state index >= 15 is 0 Å². The molecule has 3 aromatic rings. The highest BCUT2D eigenvalue weighted by molar-refractivity contribution is 9.10. The summed E-state index contributed by atoms with van der Waals surface area (Å²) in [5.41, 5.74) is 15.3. The van der Waals surface area contributed by atoms with E-state index in [4.69, 9.17) is 16.7 Å². The molecular formula is C18H17BrN4. The largest absolute Gasteiger partial charge is 0.399 e. The van der Waals surface area contributed by atoms with Crippen LogP contribution in [-0.4, -0.2) is 4.57 Å². The fourth-order valence-corrected chi connectivity index (χ4v) is 2.29. The molecule has 0 saturated carbocycles. The summed E-state index contributed by atoms with van der Waals surface area (Å²) in [6.07, 6.45) is 0. The number of hydrogen-bond donors (Lipinski definition) is 2. The highest BCUT2D eigenvalue weighted by Gasteiger charge is 2.05. The Morgan fingerprint density at radius 2 is 1.39 bits per heavy atom. The third kappa shape index (κ3) is 4.38. The van der Waals surface area contributed by atoms with E-state index in [-0.39, 0.29) is 0 Å². The summed E-state index contributed by atoms with van der Waals surface area (Å²) in [4.78, 5) is 0. The average molecular weight is 369 g/mol. The smallest absolute Gasteiger partial charge is 0.120 e. The number of halogens is 1. The van der Waals surface area contributed by atoms with Crippen LogP contribution in [0.2, 0.25) is 0 Å². The fourth-order valence-electron chi connectivity index (χ4n) is 2.03. The number of hydrogen-bond acceptors (Lipinski definition) is 3. The molecule has 0 saturated heterocycles. The van der Waals surface area contributed by atoms with Gasteiger partial charge >= 0.3 is 0 Å². The zero-order valence-electron chi connectivity index (χ0n) is 12.7. The number of rotatable bonds is 1. The summed E-state index contributed by atoms with van der Waals surface area (Å²) in [5.74, 6) is 0. The number of nitriles is 1. The maximum Gasteiger partial charge on any atom is 0.120 e. The SMILES string of the molecule is Cn1c(C#N)ccc1-c1ccc(N)cc1.Nc1ccc(Br)cc1. The Bertz CT molecular complexity index is 791. The molecule has 0 unspecified atom stereocenters. The Hall–Kier alpha value is -2.71. The van der Waals surface area contributed by atoms with Crippen LogP contribution in [0.5, 0.6) is 0 Å². The van der Waals surface area contributed by atoms with Gasteiger partial charge in [0.05, 0.1) is 0 Å². The van der Waals surface area contributed by atoms with Crippen LogP contribution in [0.25, 0.3) is 11.3 Å². The minimum atomic E-state index is 0.654. The number of nitrogens with two attached hydrogens (primary N) is 2. The first-order valence-corrected chi connectivity index (χ1v) is 7.73. The van der Waals surface area contributed by atoms with Crippen LogP contribution in [-0.2, 0) is 7.05 Å². The molecule has 0 atom stereocenters. The standard InChI is InChI=1S/C12H11N3.C6H6BrN/c1-15-11(8-13)6-7-12(15)9-2-4-10(14)5-3-9;7-5-1-3-6(8)4-2-5/h2-7H,14H2,1H3;1-4H,8H2. The van der Waals surface area contributed by atoms with Crippen LogP contribution >= 0.6 is 15.9 Å². The summed E-state index contributed by atoms with van der Waals surface area (Å²) in [7, 11) is 1.88. The second-order valence-electron chi connectivity index (χ2n) is 4.95. The molecule has 23 heavy (non-hydrogen) atoms. The molecule has 1 aromatic heterocycles. The van der Waals surface area contributed by atoms with E-state index < -0.39 is 0 Å². The molecule has 3 rings (SSSR count). The Kier molecular flexibility index (Phi) is 5.45. The van der Waals surface area contributed by atoms with Crippen molar-refractivity contribution in [2.45, 2.75) is 0 Å². The van der Waals surface area contributed by atoms with Gasteiger partial charge in [-0.3, -0.25) is 0 Å². The number of nitrogens with zero attached hydrogens (tertiary/aromatic N) is 2. The third-order valence-corrected chi connectivity index (χ3v) is 3.84. The lowest BCUT2D eigenvalue weighted by atomic mass is 10.1. The van der Waals surface area contributed by atoms with Crippen LogP contribution in [0.1, 0.15) is 5.69 Å². The van der Waals surface area contributed by atoms with Gasteiger partial charge in [0.2, 0.25) is 0 Å². The minimum Gasteiger partial charge on any atom is -0.399 e. The van der Waals surface area contributed by atoms with Crippen molar-refractivity contribution < 1.29 is 0 Å². The van der Waals surface area contributed by atoms with Crippen LogP contribution in [0.15, 0.2) is 65.1 Å². The minimum absolute atomic E-state index is 0.654. The van der Waals surface area contributed by atoms with E-state index in [9.17, 15) is 0 Å². The molecule has 2 aromatic carbocycles. The van der Waals surface area contributed by atoms with Gasteiger partial charge in [0, 0.05) is 28.6 Å². The predicted molar refractivity (Wildman–Crippen MR) is 98.5 cm³/mol. The molecule has 116 valence electrons. The monoisotopic (exact) mass is 368 g/mol. The molecule has 4 N–H and O–H groups in total. The Labute approximate surface area is 144 Å². The maximum absolute atomic E-state index is 8.83. The van der Waals surface area contributed by atoms with Gasteiger partial charge in [-0.2, -0.15) is 5.26 Å². The number of nitrogen functional groups attached to an aromatic ring is 2. The van der Waals surface area contributed by atoms with Gasteiger partial charge in [-0.1, -0.05) is 28.1 Å². The lowest BCUT2D eigenvalue weighted by molar-refractivity contribution is 0.917. The van der Waals surface area contributed by atoms with Crippen LogP contribution < -0.4 is 11.5 Å². The van der Waals surface area contributed by atoms with Crippen molar-refractivity contribution in [1.29, 1.82) is 5.26 Å². The third-order valence-electron chi connectivity index (χ3n) is 3.31. The van der Waals surface area contributed by atoms with Crippen molar-refractivity contribution >= 4 is 27.3 Å². The van der Waals surface area contributed by atoms with Crippen molar-refractivity contribution in [3.63, 3.8) is 0 Å². The molecule has 0 bridgehead atoms. The molecule has 0 aliphatic carbocycles. The lowest BCUT2D eigenvalue weighted by Gasteiger charge is -2.04. The Balaban J connectivity index is 0.000000203. The quantitative estimate of drug-likeness (QED) is 0.632. The predicted octanol–water partition coefficient (Wildman–Crippen LogP) is 4.18. The molecular weight excluding hydrogens is 352 g/mol. The van der Waals surface area contributed by atoms with Gasteiger partial charge in [0.1, 0.15) is 11.8 Å². The zero-order chi connectivity index (χ0) is 16.8. The normalized spacial score (nSPS) is 9.61. The van der Waals surface area contributed by atoms with Crippen molar-refractivity contribution in [3.8, 4) is 17.3 Å². The second-order valence-corrected chi connectivity index (χ2v) is 5.86. The maximum atomic E-state index is 8.83. The molecule has 4 nitrogen and oxygen atoms in total. The van der Waals surface area contributed by atoms with E-state index in [0.717, 1.165) is 27.1 Å². The molecule has 5 heteroatoms. The van der Waals surface area contributed by atoms with E-state index in [1.165, 1.54) is 0 Å². The molecule has 0 spiro atoms. The van der Waals surface area contributed by atoms with Gasteiger partial charge in [-0.15, -0.1) is 0 Å². The summed E-state index contributed by atoms with van der Waals surface area (Å²) < 4.78 is 2.93. The molecule has 0 amide bonds. The van der Waals surface area contributed by atoms with E-state index in [1.807, 2.05) is 72.3 Å². The summed E-state index contributed by atoms with van der Waals surface area (Å²) >= 11 is 3.29. The van der Waals surface area contributed by atoms with Crippen molar-refractivity contribution in [1.82, 2.24) is 4.57 Å². The fraction of sp³-hybridized carbons (Fsp3) is 0.0556. The first kappa shape index (κ1) is 16.7. The van der Waals surface area contributed by atoms with Crippen molar-refractivity contribution in [2.24, 2.45) is 7.05 Å². The van der Waals surface area contributed by atoms with Gasteiger partial charge in [0.15, 0.2) is 0 Å². The van der Waals surface area contributed by atoms with E-state index in [0.29, 0.717) is 5.69 Å². The van der Waals surface area contributed by atoms with Crippen LogP contribution in [0, 0.1) is 11.3 Å². The first-order chi connectivity index (χ1) is 11.0. The molecule has 0 aliphatic rings. The summed E-state index contributed by atoms with van der Waals surface area (Å²) in [6, 6.07) is 21.0. The first-order valence-electron chi connectivity index (χ1n) is 6.94. The van der Waals surface area contributed by atoms with Crippen molar-refractivity contribution in [3.05, 3.63) is 70.8 Å². The van der Waals surface area contributed by atoms with Crippen molar-refractivity contribution in [2.75, 3.05) is 11.5 Å². The molecule has 0 fully saturated rings. The van der Waals surface area contributed by atoms with Gasteiger partial charge < -0.3 is 16.0 Å². The lowest BCUT2D eigenvalue weighted by Crippen LogP contribution is -1.94. The summed E-state index contributed by atoms with van der Waals surface area (Å²) in [6.45, 7) is 0. The highest BCUT2D eigenvalue weighted by atomic mass is 79.9. The number of aromatic nitrogens is 1. The van der Waals surface area contributed by atoms with Gasteiger partial charge in [-0.05, 0) is 54.1 Å². The number of benzene rings is 2. The average Bonchev–Trinajstić information content (AvgIpc) is 2.92. The van der Waals surface area contributed by atoms with Gasteiger partial charge in [-0.25, -0.2) is 0 Å². The number of anilines is 2. The Morgan fingerprint density at radius 1 is 0.870 bits per heavy atom. The topological polar surface area (TPSA) is 80.8 Å². The molecule has 0 aliphatic heterocycles. The molecule has 0 radical (unpaired) electrons. The molecule has 1 heterocycles. The zero-order valence-corrected chi connectivity index (χ0v) is 14.3. The highest BCUT2D eigenvalue weighted by Crippen LogP contribution is 2.22. The summed E-state index contributed by atoms with van der Waals surface area (Å²) in [5, 5.41) is 8.83. The van der Waals surface area contributed by atoms with Crippen LogP contribution in [0.3, 0.4) is 0 Å². The van der Waals surface area contributed by atoms with Gasteiger partial charge in [0.25, 0.3) is 0 Å².